The molecular weight excluding hydrogens is 565 g/mol. The molecule has 0 heterocycles. The maximum absolute atomic E-state index is 12.2. The van der Waals surface area contributed by atoms with Crippen LogP contribution >= 0.6 is 59.7 Å². The fourth-order valence-corrected chi connectivity index (χ4v) is 7.67. The van der Waals surface area contributed by atoms with Crippen molar-refractivity contribution in [3.05, 3.63) is 0 Å². The van der Waals surface area contributed by atoms with Gasteiger partial charge in [0.05, 0.1) is 25.0 Å². The monoisotopic (exact) mass is 604 g/mol. The first-order chi connectivity index (χ1) is 17.5. The lowest BCUT2D eigenvalue weighted by molar-refractivity contribution is -0.167. The third kappa shape index (κ3) is 19.8. The van der Waals surface area contributed by atoms with Crippen LogP contribution < -0.4 is 0 Å². The van der Waals surface area contributed by atoms with Crippen molar-refractivity contribution < 1.29 is 19.1 Å². The van der Waals surface area contributed by atoms with Crippen LogP contribution in [0.3, 0.4) is 0 Å². The Morgan fingerprint density at radius 3 is 1.65 bits per heavy atom. The van der Waals surface area contributed by atoms with E-state index in [2.05, 4.69) is 13.0 Å². The maximum atomic E-state index is 12.2. The van der Waals surface area contributed by atoms with E-state index in [0.717, 1.165) is 23.9 Å². The molecule has 0 rings (SSSR count). The molecule has 0 amide bonds. The van der Waals surface area contributed by atoms with E-state index >= 15 is 0 Å². The molecule has 0 radical (unpaired) electrons. The summed E-state index contributed by atoms with van der Waals surface area (Å²) >= 11 is 14.2. The summed E-state index contributed by atoms with van der Waals surface area (Å²) in [5.41, 5.74) is 0. The predicted molar refractivity (Wildman–Crippen MR) is 165 cm³/mol. The van der Waals surface area contributed by atoms with Gasteiger partial charge in [-0.2, -0.15) is 10.5 Å². The zero-order valence-electron chi connectivity index (χ0n) is 22.5. The van der Waals surface area contributed by atoms with E-state index in [-0.39, 0.29) is 12.8 Å². The van der Waals surface area contributed by atoms with Crippen LogP contribution in [-0.2, 0) is 19.1 Å². The molecule has 2 atom stereocenters. The molecule has 0 aliphatic carbocycles. The average molecular weight is 605 g/mol. The SMILES string of the molecule is CCCCCCCCCCCCSC(=S)SC(C)(C#N)CC(=O)OCOC(=O)CC(C)(C#N)SC(C)=S. The number of esters is 2. The lowest BCUT2D eigenvalue weighted by atomic mass is 10.1. The van der Waals surface area contributed by atoms with Crippen molar-refractivity contribution in [3.63, 3.8) is 0 Å². The van der Waals surface area contributed by atoms with Gasteiger partial charge in [-0.1, -0.05) is 113 Å². The summed E-state index contributed by atoms with van der Waals surface area (Å²) in [6.07, 6.45) is 12.3. The van der Waals surface area contributed by atoms with Crippen LogP contribution in [0.2, 0.25) is 0 Å². The molecule has 11 heteroatoms. The van der Waals surface area contributed by atoms with E-state index < -0.39 is 28.2 Å². The van der Waals surface area contributed by atoms with Crippen LogP contribution in [0.4, 0.5) is 0 Å². The summed E-state index contributed by atoms with van der Waals surface area (Å²) in [6, 6.07) is 4.19. The first-order valence-electron chi connectivity index (χ1n) is 12.7. The van der Waals surface area contributed by atoms with Crippen LogP contribution in [0.5, 0.6) is 0 Å². The van der Waals surface area contributed by atoms with Crippen molar-refractivity contribution in [2.24, 2.45) is 0 Å². The summed E-state index contributed by atoms with van der Waals surface area (Å²) in [5, 5.41) is 18.9. The number of carbonyl (C=O) groups excluding carboxylic acids is 2. The van der Waals surface area contributed by atoms with Gasteiger partial charge in [0.15, 0.2) is 0 Å². The van der Waals surface area contributed by atoms with Gasteiger partial charge in [0, 0.05) is 4.20 Å². The number of nitrogens with zero attached hydrogens (tertiary/aromatic N) is 2. The Balaban J connectivity index is 4.17. The van der Waals surface area contributed by atoms with Gasteiger partial charge in [0.2, 0.25) is 6.79 Å². The maximum Gasteiger partial charge on any atom is 0.311 e. The number of thioether (sulfide) groups is 3. The van der Waals surface area contributed by atoms with Crippen LogP contribution in [0.25, 0.3) is 0 Å². The van der Waals surface area contributed by atoms with Crippen molar-refractivity contribution in [1.29, 1.82) is 10.5 Å². The molecular formula is C26H40N2O4S5. The van der Waals surface area contributed by atoms with E-state index in [0.29, 0.717) is 7.73 Å². The number of hydrogen-bond donors (Lipinski definition) is 0. The molecule has 2 unspecified atom stereocenters. The molecule has 0 aromatic carbocycles. The van der Waals surface area contributed by atoms with Gasteiger partial charge in [0.1, 0.15) is 13.0 Å². The van der Waals surface area contributed by atoms with Crippen LogP contribution in [0.15, 0.2) is 0 Å². The van der Waals surface area contributed by atoms with E-state index in [4.69, 9.17) is 33.9 Å². The highest BCUT2D eigenvalue weighted by Gasteiger charge is 2.32. The number of thiocarbonyl (C=S) groups is 2. The fourth-order valence-electron chi connectivity index (χ4n) is 3.29. The lowest BCUT2D eigenvalue weighted by Gasteiger charge is -2.20. The summed E-state index contributed by atoms with van der Waals surface area (Å²) in [4.78, 5) is 24.2. The minimum atomic E-state index is -1.07. The average Bonchev–Trinajstić information content (AvgIpc) is 2.81. The third-order valence-corrected chi connectivity index (χ3v) is 9.28. The second-order valence-corrected chi connectivity index (χ2v) is 15.6. The molecule has 0 saturated heterocycles. The number of nitriles is 2. The van der Waals surface area contributed by atoms with E-state index in [1.165, 1.54) is 69.5 Å². The zero-order chi connectivity index (χ0) is 28.2. The quantitative estimate of drug-likeness (QED) is 0.0618. The molecule has 0 bridgehead atoms. The number of carbonyl (C=O) groups is 2. The molecule has 6 nitrogen and oxygen atoms in total. The summed E-state index contributed by atoms with van der Waals surface area (Å²) < 4.78 is 8.95. The molecule has 0 spiro atoms. The second-order valence-electron chi connectivity index (χ2n) is 9.17. The van der Waals surface area contributed by atoms with Gasteiger partial charge in [0.25, 0.3) is 0 Å². The van der Waals surface area contributed by atoms with Crippen LogP contribution in [0, 0.1) is 22.7 Å². The Hall–Kier alpha value is -0.850. The molecule has 0 aromatic heterocycles. The summed E-state index contributed by atoms with van der Waals surface area (Å²) in [6.45, 7) is 6.56. The van der Waals surface area contributed by atoms with E-state index in [1.807, 2.05) is 6.07 Å². The highest BCUT2D eigenvalue weighted by Crippen LogP contribution is 2.34. The van der Waals surface area contributed by atoms with E-state index in [9.17, 15) is 20.1 Å². The fraction of sp³-hybridized carbons (Fsp3) is 0.769. The Kier molecular flexibility index (Phi) is 20.5. The highest BCUT2D eigenvalue weighted by atomic mass is 32.2. The van der Waals surface area contributed by atoms with Gasteiger partial charge in [-0.05, 0) is 32.9 Å². The van der Waals surface area contributed by atoms with Crippen molar-refractivity contribution in [3.8, 4) is 12.1 Å². The van der Waals surface area contributed by atoms with Crippen LogP contribution in [-0.4, -0.2) is 41.7 Å². The largest absolute Gasteiger partial charge is 0.428 e. The van der Waals surface area contributed by atoms with Crippen molar-refractivity contribution in [2.75, 3.05) is 12.5 Å². The summed E-state index contributed by atoms with van der Waals surface area (Å²) in [5.74, 6) is -0.450. The lowest BCUT2D eigenvalue weighted by Crippen LogP contribution is -2.27. The van der Waals surface area contributed by atoms with Gasteiger partial charge in [-0.3, -0.25) is 9.59 Å². The van der Waals surface area contributed by atoms with Crippen LogP contribution in [0.1, 0.15) is 105 Å². The first-order valence-corrected chi connectivity index (χ1v) is 16.1. The van der Waals surface area contributed by atoms with Gasteiger partial charge >= 0.3 is 11.9 Å². The molecule has 0 N–H and O–H groups in total. The summed E-state index contributed by atoms with van der Waals surface area (Å²) in [7, 11) is 0. The van der Waals surface area contributed by atoms with Gasteiger partial charge in [-0.25, -0.2) is 0 Å². The normalized spacial score (nSPS) is 13.9. The highest BCUT2D eigenvalue weighted by molar-refractivity contribution is 8.47. The third-order valence-electron chi connectivity index (χ3n) is 5.27. The van der Waals surface area contributed by atoms with Crippen molar-refractivity contribution in [2.45, 2.75) is 114 Å². The van der Waals surface area contributed by atoms with E-state index in [1.54, 1.807) is 32.5 Å². The first kappa shape index (κ1) is 36.1. The minimum Gasteiger partial charge on any atom is -0.428 e. The number of rotatable bonds is 19. The zero-order valence-corrected chi connectivity index (χ0v) is 26.6. The Morgan fingerprint density at radius 1 is 0.784 bits per heavy atom. The minimum absolute atomic E-state index is 0.194. The second kappa shape index (κ2) is 21.0. The smallest absolute Gasteiger partial charge is 0.311 e. The number of ether oxygens (including phenoxy) is 2. The Labute approximate surface area is 246 Å². The van der Waals surface area contributed by atoms with Gasteiger partial charge in [-0.15, -0.1) is 11.8 Å². The molecule has 0 fully saturated rings. The Bertz CT molecular complexity index is 827. The Morgan fingerprint density at radius 2 is 1.22 bits per heavy atom. The molecule has 0 saturated carbocycles. The topological polar surface area (TPSA) is 100 Å². The van der Waals surface area contributed by atoms with Crippen molar-refractivity contribution >= 4 is 79.4 Å². The number of unbranched alkanes of at least 4 members (excludes halogenated alkanes) is 9. The molecule has 37 heavy (non-hydrogen) atoms. The van der Waals surface area contributed by atoms with Gasteiger partial charge < -0.3 is 9.47 Å². The van der Waals surface area contributed by atoms with Crippen molar-refractivity contribution in [1.82, 2.24) is 0 Å². The molecule has 0 aromatic rings. The predicted octanol–water partition coefficient (Wildman–Crippen LogP) is 8.13. The molecule has 208 valence electrons. The number of hydrogen-bond acceptors (Lipinski definition) is 11. The molecule has 0 aliphatic rings. The standard InChI is InChI=1S/C26H40N2O4S5/c1-5-6-7-8-9-10-11-12-13-14-15-35-24(34)37-26(4,19-28)17-23(30)32-20-31-22(29)16-25(3,18-27)36-21(2)33/h5-17,20H2,1-4H3. The molecule has 0 aliphatic heterocycles.